The lowest BCUT2D eigenvalue weighted by Gasteiger charge is -2.09. The lowest BCUT2D eigenvalue weighted by Crippen LogP contribution is -2.08. The van der Waals surface area contributed by atoms with Crippen molar-refractivity contribution >= 4 is 27.6 Å². The van der Waals surface area contributed by atoms with Gasteiger partial charge in [0.1, 0.15) is 11.0 Å². The molecule has 0 spiro atoms. The molecule has 0 saturated heterocycles. The van der Waals surface area contributed by atoms with Crippen LogP contribution in [0.4, 0.5) is 0 Å². The molecule has 0 aromatic heterocycles. The molecule has 5 nitrogen and oxygen atoms in total. The molecule has 0 N–H and O–H groups in total. The van der Waals surface area contributed by atoms with Crippen LogP contribution in [0, 0.1) is 11.3 Å². The molecule has 0 amide bonds. The van der Waals surface area contributed by atoms with Gasteiger partial charge < -0.3 is 0 Å². The van der Waals surface area contributed by atoms with Crippen LogP contribution < -0.4 is 0 Å². The molecule has 34 heavy (non-hydrogen) atoms. The molecular weight excluding hydrogens is 464 g/mol. The molecule has 0 fully saturated rings. The molecule has 0 aliphatic heterocycles. The van der Waals surface area contributed by atoms with Gasteiger partial charge in [0.2, 0.25) is 0 Å². The van der Waals surface area contributed by atoms with Crippen molar-refractivity contribution in [3.8, 4) is 6.07 Å². The summed E-state index contributed by atoms with van der Waals surface area (Å²) in [6.07, 6.45) is 14.9. The van der Waals surface area contributed by atoms with Gasteiger partial charge in [0, 0.05) is 10.5 Å². The lowest BCUT2D eigenvalue weighted by atomic mass is 10.0. The van der Waals surface area contributed by atoms with Crippen molar-refractivity contribution in [2.75, 3.05) is 6.26 Å². The van der Waals surface area contributed by atoms with Crippen molar-refractivity contribution in [1.82, 2.24) is 0 Å². The molecule has 0 aliphatic carbocycles. The maximum absolute atomic E-state index is 12.8. The normalized spacial score (nSPS) is 11.9. The van der Waals surface area contributed by atoms with Crippen LogP contribution >= 0.6 is 11.8 Å². The summed E-state index contributed by atoms with van der Waals surface area (Å²) < 4.78 is 30.6. The summed E-state index contributed by atoms with van der Waals surface area (Å²) in [7, 11) is -4.12. The number of oxime groups is 1. The second-order valence-corrected chi connectivity index (χ2v) is 10.7. The summed E-state index contributed by atoms with van der Waals surface area (Å²) in [5.74, 6) is 0. The van der Waals surface area contributed by atoms with Gasteiger partial charge in [0.05, 0.1) is 0 Å². The molecule has 2 rings (SSSR count). The maximum atomic E-state index is 12.8. The van der Waals surface area contributed by atoms with Gasteiger partial charge in [-0.2, -0.15) is 13.7 Å². The molecule has 7 heteroatoms. The third-order valence-corrected chi connectivity index (χ3v) is 7.69. The SMILES string of the molecule is CCCCCCCCCCCCc1ccccc1S(=O)(=O)ON=C(C#N)c1ccc(SC)cc1. The van der Waals surface area contributed by atoms with Gasteiger partial charge in [0.15, 0.2) is 5.71 Å². The molecule has 0 atom stereocenters. The van der Waals surface area contributed by atoms with E-state index in [2.05, 4.69) is 12.1 Å². The molecule has 0 unspecified atom stereocenters. The third-order valence-electron chi connectivity index (χ3n) is 5.74. The lowest BCUT2D eigenvalue weighted by molar-refractivity contribution is 0.339. The molecule has 0 heterocycles. The van der Waals surface area contributed by atoms with E-state index in [0.717, 1.165) is 23.3 Å². The zero-order valence-electron chi connectivity index (χ0n) is 20.3. The highest BCUT2D eigenvalue weighted by atomic mass is 32.2. The second kappa shape index (κ2) is 15.6. The number of aryl methyl sites for hydroxylation is 1. The Kier molecular flexibility index (Phi) is 12.8. The van der Waals surface area contributed by atoms with Gasteiger partial charge in [-0.25, -0.2) is 0 Å². The number of rotatable bonds is 16. The van der Waals surface area contributed by atoms with Crippen LogP contribution in [0.25, 0.3) is 0 Å². The first-order valence-corrected chi connectivity index (χ1v) is 14.8. The summed E-state index contributed by atoms with van der Waals surface area (Å²) in [6, 6.07) is 15.9. The van der Waals surface area contributed by atoms with Crippen LogP contribution in [0.5, 0.6) is 0 Å². The van der Waals surface area contributed by atoms with E-state index >= 15 is 0 Å². The Hall–Kier alpha value is -2.30. The molecule has 0 bridgehead atoms. The third kappa shape index (κ3) is 9.52. The van der Waals surface area contributed by atoms with Gasteiger partial charge in [-0.05, 0) is 42.9 Å². The van der Waals surface area contributed by atoms with E-state index in [4.69, 9.17) is 4.28 Å². The Balaban J connectivity index is 1.91. The predicted molar refractivity (Wildman–Crippen MR) is 141 cm³/mol. The van der Waals surface area contributed by atoms with E-state index in [1.165, 1.54) is 57.4 Å². The summed E-state index contributed by atoms with van der Waals surface area (Å²) >= 11 is 1.58. The molecular formula is C27H36N2O3S2. The maximum Gasteiger partial charge on any atom is 0.358 e. The quantitative estimate of drug-likeness (QED) is 0.103. The Morgan fingerprint density at radius 3 is 2.09 bits per heavy atom. The number of nitriles is 1. The van der Waals surface area contributed by atoms with Crippen LogP contribution in [0.15, 0.2) is 63.5 Å². The molecule has 0 radical (unpaired) electrons. The minimum atomic E-state index is -4.12. The smallest absolute Gasteiger partial charge is 0.263 e. The Bertz CT molecular complexity index is 1040. The number of hydrogen-bond donors (Lipinski definition) is 0. The van der Waals surface area contributed by atoms with E-state index in [0.29, 0.717) is 12.0 Å². The number of unbranched alkanes of at least 4 members (excludes halogenated alkanes) is 9. The van der Waals surface area contributed by atoms with Crippen molar-refractivity contribution < 1.29 is 12.7 Å². The van der Waals surface area contributed by atoms with Crippen molar-refractivity contribution in [3.63, 3.8) is 0 Å². The van der Waals surface area contributed by atoms with Gasteiger partial charge in [-0.3, -0.25) is 4.28 Å². The fourth-order valence-corrected chi connectivity index (χ4v) is 5.17. The number of hydrogen-bond acceptors (Lipinski definition) is 6. The summed E-state index contributed by atoms with van der Waals surface area (Å²) in [5, 5.41) is 13.1. The zero-order valence-corrected chi connectivity index (χ0v) is 22.0. The first kappa shape index (κ1) is 27.9. The number of thioether (sulfide) groups is 1. The summed E-state index contributed by atoms with van der Waals surface area (Å²) in [5.41, 5.74) is 1.15. The molecule has 0 aliphatic rings. The van der Waals surface area contributed by atoms with Crippen molar-refractivity contribution in [1.29, 1.82) is 5.26 Å². The Labute approximate surface area is 209 Å². The van der Waals surface area contributed by atoms with Crippen LogP contribution in [0.2, 0.25) is 0 Å². The van der Waals surface area contributed by atoms with Crippen LogP contribution in [-0.2, 0) is 20.8 Å². The van der Waals surface area contributed by atoms with Crippen molar-refractivity contribution in [2.24, 2.45) is 5.16 Å². The fourth-order valence-electron chi connectivity index (χ4n) is 3.77. The fraction of sp³-hybridized carbons (Fsp3) is 0.481. The van der Waals surface area contributed by atoms with E-state index in [-0.39, 0.29) is 10.6 Å². The van der Waals surface area contributed by atoms with Crippen LogP contribution in [-0.4, -0.2) is 20.4 Å². The topological polar surface area (TPSA) is 79.5 Å². The zero-order chi connectivity index (χ0) is 24.7. The minimum absolute atomic E-state index is 0.0802. The van der Waals surface area contributed by atoms with E-state index in [9.17, 15) is 13.7 Å². The number of benzene rings is 2. The second-order valence-electron chi connectivity index (χ2n) is 8.35. The predicted octanol–water partition coefficient (Wildman–Crippen LogP) is 7.51. The molecule has 0 saturated carbocycles. The highest BCUT2D eigenvalue weighted by Crippen LogP contribution is 2.22. The Morgan fingerprint density at radius 1 is 0.912 bits per heavy atom. The van der Waals surface area contributed by atoms with Gasteiger partial charge in [-0.1, -0.05) is 100 Å². The van der Waals surface area contributed by atoms with Crippen LogP contribution in [0.1, 0.15) is 82.3 Å². The summed E-state index contributed by atoms with van der Waals surface area (Å²) in [6.45, 7) is 2.23. The van der Waals surface area contributed by atoms with Gasteiger partial charge >= 0.3 is 10.1 Å². The minimum Gasteiger partial charge on any atom is -0.263 e. The van der Waals surface area contributed by atoms with Gasteiger partial charge in [0.25, 0.3) is 0 Å². The molecule has 2 aromatic rings. The van der Waals surface area contributed by atoms with E-state index in [1.54, 1.807) is 30.0 Å². The van der Waals surface area contributed by atoms with Crippen molar-refractivity contribution in [3.05, 3.63) is 59.7 Å². The molecule has 2 aromatic carbocycles. The highest BCUT2D eigenvalue weighted by Gasteiger charge is 2.20. The van der Waals surface area contributed by atoms with E-state index in [1.807, 2.05) is 36.6 Å². The average Bonchev–Trinajstić information content (AvgIpc) is 2.86. The average molecular weight is 501 g/mol. The largest absolute Gasteiger partial charge is 0.358 e. The first-order chi connectivity index (χ1) is 16.5. The van der Waals surface area contributed by atoms with E-state index < -0.39 is 10.1 Å². The Morgan fingerprint density at radius 2 is 1.50 bits per heavy atom. The van der Waals surface area contributed by atoms with Gasteiger partial charge in [-0.15, -0.1) is 11.8 Å². The van der Waals surface area contributed by atoms with Crippen molar-refractivity contribution in [2.45, 2.75) is 87.3 Å². The number of nitrogens with zero attached hydrogens (tertiary/aromatic N) is 2. The van der Waals surface area contributed by atoms with Crippen LogP contribution in [0.3, 0.4) is 0 Å². The first-order valence-electron chi connectivity index (χ1n) is 12.2. The monoisotopic (exact) mass is 500 g/mol. The summed E-state index contributed by atoms with van der Waals surface area (Å²) in [4.78, 5) is 1.15. The highest BCUT2D eigenvalue weighted by molar-refractivity contribution is 7.98. The molecule has 184 valence electrons. The standard InChI is InChI=1S/C27H36N2O3S2/c1-3-4-5-6-7-8-9-10-11-12-15-24-16-13-14-17-27(24)34(30,31)32-29-26(22-28)23-18-20-25(33-2)21-19-23/h13-14,16-21H,3-12,15H2,1-2H3.